The molecule has 1 nitrogen and oxygen atoms in total. The van der Waals surface area contributed by atoms with Crippen molar-refractivity contribution in [1.82, 2.24) is 5.32 Å². The van der Waals surface area contributed by atoms with Gasteiger partial charge in [-0.1, -0.05) is 42.6 Å². The van der Waals surface area contributed by atoms with Crippen LogP contribution in [0.5, 0.6) is 0 Å². The second-order valence-electron chi connectivity index (χ2n) is 3.21. The lowest BCUT2D eigenvalue weighted by atomic mass is 10.2. The number of rotatable bonds is 7. The third kappa shape index (κ3) is 10.4. The van der Waals surface area contributed by atoms with Crippen molar-refractivity contribution < 1.29 is 0 Å². The Balaban J connectivity index is 2.80. The molecular weight excluding hydrogens is 202 g/mol. The Bertz CT molecular complexity index is 74.0. The van der Waals surface area contributed by atoms with Gasteiger partial charge >= 0.3 is 0 Å². The van der Waals surface area contributed by atoms with Crippen LogP contribution in [0.3, 0.4) is 0 Å². The summed E-state index contributed by atoms with van der Waals surface area (Å²) in [6, 6.07) is 0.645. The van der Waals surface area contributed by atoms with Gasteiger partial charge in [0.25, 0.3) is 0 Å². The number of hydrogen-bond donors (Lipinski definition) is 1. The lowest BCUT2D eigenvalue weighted by Crippen LogP contribution is -2.23. The van der Waals surface area contributed by atoms with Gasteiger partial charge in [0.05, 0.1) is 0 Å². The average molecular weight is 222 g/mol. The van der Waals surface area contributed by atoms with Gasteiger partial charge in [-0.3, -0.25) is 0 Å². The maximum Gasteiger partial charge on any atom is 0.00313 e. The van der Waals surface area contributed by atoms with E-state index in [1.54, 1.807) is 0 Å². The molecule has 0 saturated carbocycles. The van der Waals surface area contributed by atoms with Crippen molar-refractivity contribution in [1.29, 1.82) is 0 Å². The predicted molar refractivity (Wildman–Crippen MR) is 55.4 cm³/mol. The highest BCUT2D eigenvalue weighted by Crippen LogP contribution is 2.00. The molecule has 0 atom stereocenters. The fourth-order valence-electron chi connectivity index (χ4n) is 0.964. The Labute approximate surface area is 79.1 Å². The normalized spacial score (nSPS) is 10.9. The number of hydrogen-bond acceptors (Lipinski definition) is 1. The minimum Gasteiger partial charge on any atom is -0.315 e. The van der Waals surface area contributed by atoms with Crippen molar-refractivity contribution in [2.45, 2.75) is 45.6 Å². The molecule has 0 aromatic heterocycles. The molecule has 11 heavy (non-hydrogen) atoms. The molecule has 0 aliphatic heterocycles. The molecule has 0 amide bonds. The van der Waals surface area contributed by atoms with E-state index in [1.807, 2.05) is 0 Å². The van der Waals surface area contributed by atoms with Crippen LogP contribution in [0.15, 0.2) is 0 Å². The summed E-state index contributed by atoms with van der Waals surface area (Å²) in [7, 11) is 0. The number of halogens is 1. The Morgan fingerprint density at radius 2 is 1.73 bits per heavy atom. The standard InChI is InChI=1S/C9H20BrN/c1-9(2)11-8-6-4-3-5-7-10/h9,11H,3-8H2,1-2H3. The van der Waals surface area contributed by atoms with Gasteiger partial charge in [0.15, 0.2) is 0 Å². The van der Waals surface area contributed by atoms with Crippen LogP contribution in [-0.2, 0) is 0 Å². The number of unbranched alkanes of at least 4 members (excludes halogenated alkanes) is 3. The van der Waals surface area contributed by atoms with Crippen molar-refractivity contribution in [3.05, 3.63) is 0 Å². The highest BCUT2D eigenvalue weighted by molar-refractivity contribution is 9.09. The van der Waals surface area contributed by atoms with Gasteiger partial charge in [-0.2, -0.15) is 0 Å². The molecule has 0 rings (SSSR count). The molecule has 0 aromatic rings. The SMILES string of the molecule is CC(C)NCCCCCCBr. The van der Waals surface area contributed by atoms with Gasteiger partial charge in [-0.25, -0.2) is 0 Å². The Hall–Kier alpha value is 0.440. The fraction of sp³-hybridized carbons (Fsp3) is 1.00. The van der Waals surface area contributed by atoms with Gasteiger partial charge in [0.1, 0.15) is 0 Å². The van der Waals surface area contributed by atoms with E-state index in [1.165, 1.54) is 32.2 Å². The molecule has 0 aromatic carbocycles. The fourth-order valence-corrected chi connectivity index (χ4v) is 1.36. The van der Waals surface area contributed by atoms with Crippen molar-refractivity contribution in [2.24, 2.45) is 0 Å². The lowest BCUT2D eigenvalue weighted by Gasteiger charge is -2.06. The van der Waals surface area contributed by atoms with E-state index in [-0.39, 0.29) is 0 Å². The third-order valence-corrected chi connectivity index (χ3v) is 2.17. The Kier molecular flexibility index (Phi) is 8.88. The molecule has 0 saturated heterocycles. The van der Waals surface area contributed by atoms with Crippen molar-refractivity contribution >= 4 is 15.9 Å². The summed E-state index contributed by atoms with van der Waals surface area (Å²) in [5.74, 6) is 0. The zero-order chi connectivity index (χ0) is 8.53. The molecule has 0 heterocycles. The van der Waals surface area contributed by atoms with Crippen LogP contribution in [0.25, 0.3) is 0 Å². The smallest absolute Gasteiger partial charge is 0.00313 e. The highest BCUT2D eigenvalue weighted by atomic mass is 79.9. The summed E-state index contributed by atoms with van der Waals surface area (Å²) in [6.07, 6.45) is 5.38. The topological polar surface area (TPSA) is 12.0 Å². The largest absolute Gasteiger partial charge is 0.315 e. The lowest BCUT2D eigenvalue weighted by molar-refractivity contribution is 0.547. The first-order valence-electron chi connectivity index (χ1n) is 4.56. The minimum atomic E-state index is 0.645. The van der Waals surface area contributed by atoms with Crippen molar-refractivity contribution in [3.8, 4) is 0 Å². The second kappa shape index (κ2) is 8.54. The zero-order valence-electron chi connectivity index (χ0n) is 7.70. The monoisotopic (exact) mass is 221 g/mol. The molecule has 1 N–H and O–H groups in total. The van der Waals surface area contributed by atoms with Crippen LogP contribution in [0.1, 0.15) is 39.5 Å². The maximum absolute atomic E-state index is 3.43. The molecule has 68 valence electrons. The molecule has 0 unspecified atom stereocenters. The Morgan fingerprint density at radius 1 is 1.09 bits per heavy atom. The molecule has 2 heteroatoms. The summed E-state index contributed by atoms with van der Waals surface area (Å²) < 4.78 is 0. The number of nitrogens with one attached hydrogen (secondary N) is 1. The average Bonchev–Trinajstić information content (AvgIpc) is 1.96. The van der Waals surface area contributed by atoms with Crippen LogP contribution in [0.4, 0.5) is 0 Å². The summed E-state index contributed by atoms with van der Waals surface area (Å²) >= 11 is 3.43. The van der Waals surface area contributed by atoms with E-state index in [0.29, 0.717) is 6.04 Å². The third-order valence-electron chi connectivity index (χ3n) is 1.61. The summed E-state index contributed by atoms with van der Waals surface area (Å²) in [6.45, 7) is 5.57. The number of alkyl halides is 1. The zero-order valence-corrected chi connectivity index (χ0v) is 9.28. The molecule has 0 aliphatic carbocycles. The molecule has 0 radical (unpaired) electrons. The van der Waals surface area contributed by atoms with E-state index in [9.17, 15) is 0 Å². The first-order chi connectivity index (χ1) is 5.27. The van der Waals surface area contributed by atoms with Crippen molar-refractivity contribution in [2.75, 3.05) is 11.9 Å². The van der Waals surface area contributed by atoms with E-state index in [4.69, 9.17) is 0 Å². The van der Waals surface area contributed by atoms with Crippen LogP contribution in [0.2, 0.25) is 0 Å². The van der Waals surface area contributed by atoms with Crippen LogP contribution < -0.4 is 5.32 Å². The molecule has 0 aliphatic rings. The first kappa shape index (κ1) is 11.4. The van der Waals surface area contributed by atoms with Gasteiger partial charge < -0.3 is 5.32 Å². The van der Waals surface area contributed by atoms with Crippen LogP contribution in [-0.4, -0.2) is 17.9 Å². The maximum atomic E-state index is 3.43. The minimum absolute atomic E-state index is 0.645. The van der Waals surface area contributed by atoms with Crippen LogP contribution in [0, 0.1) is 0 Å². The molecule has 0 spiro atoms. The quantitative estimate of drug-likeness (QED) is 0.515. The van der Waals surface area contributed by atoms with Gasteiger partial charge in [0.2, 0.25) is 0 Å². The van der Waals surface area contributed by atoms with Gasteiger partial charge in [-0.15, -0.1) is 0 Å². The molecule has 0 fully saturated rings. The molecule has 0 bridgehead atoms. The molecular formula is C9H20BrN. The van der Waals surface area contributed by atoms with Crippen LogP contribution >= 0.6 is 15.9 Å². The van der Waals surface area contributed by atoms with Crippen molar-refractivity contribution in [3.63, 3.8) is 0 Å². The second-order valence-corrected chi connectivity index (χ2v) is 4.01. The summed E-state index contributed by atoms with van der Waals surface area (Å²) in [5.41, 5.74) is 0. The highest BCUT2D eigenvalue weighted by Gasteiger charge is 1.91. The van der Waals surface area contributed by atoms with E-state index >= 15 is 0 Å². The van der Waals surface area contributed by atoms with E-state index in [2.05, 4.69) is 35.1 Å². The predicted octanol–water partition coefficient (Wildman–Crippen LogP) is 2.94. The van der Waals surface area contributed by atoms with Gasteiger partial charge in [0, 0.05) is 11.4 Å². The van der Waals surface area contributed by atoms with E-state index in [0.717, 1.165) is 5.33 Å². The Morgan fingerprint density at radius 3 is 2.27 bits per heavy atom. The summed E-state index contributed by atoms with van der Waals surface area (Å²) in [5, 5.41) is 4.57. The first-order valence-corrected chi connectivity index (χ1v) is 5.69. The van der Waals surface area contributed by atoms with E-state index < -0.39 is 0 Å². The summed E-state index contributed by atoms with van der Waals surface area (Å²) in [4.78, 5) is 0. The van der Waals surface area contributed by atoms with Gasteiger partial charge in [-0.05, 0) is 19.4 Å².